The maximum Gasteiger partial charge on any atom is 0.133 e. The molecule has 2 aromatic rings. The largest absolute Gasteiger partial charge is 0.488 e. The standard InChI is InChI=1S/C15H12FNOS/c1-19-15-5-3-2-4-14(15)18-10-12-8-11(9-17)6-7-13(12)16/h2-8H,10H2,1H3. The first-order valence-corrected chi connectivity index (χ1v) is 6.91. The lowest BCUT2D eigenvalue weighted by molar-refractivity contribution is 0.293. The van der Waals surface area contributed by atoms with E-state index >= 15 is 0 Å². The van der Waals surface area contributed by atoms with E-state index in [4.69, 9.17) is 10.00 Å². The minimum Gasteiger partial charge on any atom is -0.488 e. The number of benzene rings is 2. The molecule has 4 heteroatoms. The van der Waals surface area contributed by atoms with Gasteiger partial charge in [0.1, 0.15) is 18.2 Å². The average molecular weight is 273 g/mol. The van der Waals surface area contributed by atoms with Gasteiger partial charge in [0.05, 0.1) is 11.6 Å². The Balaban J connectivity index is 2.17. The van der Waals surface area contributed by atoms with Crippen molar-refractivity contribution in [3.8, 4) is 11.8 Å². The highest BCUT2D eigenvalue weighted by Gasteiger charge is 2.06. The molecule has 19 heavy (non-hydrogen) atoms. The van der Waals surface area contributed by atoms with Gasteiger partial charge in [0.25, 0.3) is 0 Å². The van der Waals surface area contributed by atoms with E-state index in [0.29, 0.717) is 11.1 Å². The second-order valence-corrected chi connectivity index (χ2v) is 4.71. The Morgan fingerprint density at radius 3 is 2.79 bits per heavy atom. The third-order valence-corrected chi connectivity index (χ3v) is 3.40. The molecular formula is C15H12FNOS. The van der Waals surface area contributed by atoms with Crippen LogP contribution in [0.3, 0.4) is 0 Å². The van der Waals surface area contributed by atoms with Gasteiger partial charge in [-0.1, -0.05) is 12.1 Å². The smallest absolute Gasteiger partial charge is 0.133 e. The zero-order valence-corrected chi connectivity index (χ0v) is 11.2. The van der Waals surface area contributed by atoms with Crippen molar-refractivity contribution in [3.05, 3.63) is 59.4 Å². The molecule has 0 aliphatic rings. The van der Waals surface area contributed by atoms with Crippen LogP contribution in [0.15, 0.2) is 47.4 Å². The molecular weight excluding hydrogens is 261 g/mol. The van der Waals surface area contributed by atoms with Crippen molar-refractivity contribution in [3.63, 3.8) is 0 Å². The van der Waals surface area contributed by atoms with Gasteiger partial charge in [-0.2, -0.15) is 5.26 Å². The normalized spacial score (nSPS) is 9.95. The quantitative estimate of drug-likeness (QED) is 0.789. The molecule has 0 radical (unpaired) electrons. The zero-order valence-electron chi connectivity index (χ0n) is 10.4. The van der Waals surface area contributed by atoms with Crippen molar-refractivity contribution in [1.82, 2.24) is 0 Å². The third-order valence-electron chi connectivity index (χ3n) is 2.63. The minimum absolute atomic E-state index is 0.110. The molecule has 0 amide bonds. The Hall–Kier alpha value is -1.99. The molecule has 0 N–H and O–H groups in total. The number of rotatable bonds is 4. The van der Waals surface area contributed by atoms with Crippen LogP contribution in [0.2, 0.25) is 0 Å². The zero-order chi connectivity index (χ0) is 13.7. The average Bonchev–Trinajstić information content (AvgIpc) is 2.46. The molecule has 0 aliphatic carbocycles. The van der Waals surface area contributed by atoms with Gasteiger partial charge in [-0.05, 0) is 36.6 Å². The SMILES string of the molecule is CSc1ccccc1OCc1cc(C#N)ccc1F. The van der Waals surface area contributed by atoms with E-state index in [-0.39, 0.29) is 12.4 Å². The van der Waals surface area contributed by atoms with Crippen LogP contribution in [0.5, 0.6) is 5.75 Å². The molecule has 0 saturated carbocycles. The molecule has 96 valence electrons. The summed E-state index contributed by atoms with van der Waals surface area (Å²) in [6.45, 7) is 0.110. The topological polar surface area (TPSA) is 33.0 Å². The van der Waals surface area contributed by atoms with Crippen molar-refractivity contribution in [2.75, 3.05) is 6.26 Å². The number of ether oxygens (including phenoxy) is 1. The van der Waals surface area contributed by atoms with E-state index < -0.39 is 0 Å². The highest BCUT2D eigenvalue weighted by Crippen LogP contribution is 2.27. The number of hydrogen-bond acceptors (Lipinski definition) is 3. The van der Waals surface area contributed by atoms with E-state index in [1.165, 1.54) is 18.2 Å². The van der Waals surface area contributed by atoms with E-state index in [2.05, 4.69) is 0 Å². The Labute approximate surface area is 115 Å². The van der Waals surface area contributed by atoms with Gasteiger partial charge in [-0.3, -0.25) is 0 Å². The fraction of sp³-hybridized carbons (Fsp3) is 0.133. The Kier molecular flexibility index (Phi) is 4.43. The van der Waals surface area contributed by atoms with Crippen molar-refractivity contribution in [1.29, 1.82) is 5.26 Å². The molecule has 0 heterocycles. The first kappa shape index (κ1) is 13.4. The number of halogens is 1. The Bertz CT molecular complexity index is 622. The molecule has 0 fully saturated rings. The summed E-state index contributed by atoms with van der Waals surface area (Å²) in [4.78, 5) is 0.999. The minimum atomic E-state index is -0.361. The lowest BCUT2D eigenvalue weighted by atomic mass is 10.1. The molecule has 2 nitrogen and oxygen atoms in total. The third kappa shape index (κ3) is 3.27. The van der Waals surface area contributed by atoms with E-state index in [1.807, 2.05) is 36.6 Å². The molecule has 0 aliphatic heterocycles. The molecule has 0 saturated heterocycles. The highest BCUT2D eigenvalue weighted by atomic mass is 32.2. The molecule has 0 unspecified atom stereocenters. The predicted octanol–water partition coefficient (Wildman–Crippen LogP) is 4.00. The second-order valence-electron chi connectivity index (χ2n) is 3.86. The summed E-state index contributed by atoms with van der Waals surface area (Å²) in [5.74, 6) is 0.359. The van der Waals surface area contributed by atoms with E-state index in [0.717, 1.165) is 10.6 Å². The highest BCUT2D eigenvalue weighted by molar-refractivity contribution is 7.98. The number of thioether (sulfide) groups is 1. The lowest BCUT2D eigenvalue weighted by Crippen LogP contribution is -2.00. The summed E-state index contributed by atoms with van der Waals surface area (Å²) in [5, 5.41) is 8.80. The number of nitriles is 1. The summed E-state index contributed by atoms with van der Waals surface area (Å²) >= 11 is 1.57. The first-order chi connectivity index (χ1) is 9.24. The Morgan fingerprint density at radius 2 is 2.05 bits per heavy atom. The van der Waals surface area contributed by atoms with Gasteiger partial charge in [0, 0.05) is 10.5 Å². The number of para-hydroxylation sites is 1. The molecule has 0 atom stereocenters. The first-order valence-electron chi connectivity index (χ1n) is 5.69. The van der Waals surface area contributed by atoms with Crippen LogP contribution in [0.25, 0.3) is 0 Å². The fourth-order valence-corrected chi connectivity index (χ4v) is 2.19. The lowest BCUT2D eigenvalue weighted by Gasteiger charge is -2.10. The van der Waals surface area contributed by atoms with Gasteiger partial charge in [0.15, 0.2) is 0 Å². The maximum atomic E-state index is 13.6. The summed E-state index contributed by atoms with van der Waals surface area (Å²) in [7, 11) is 0. The van der Waals surface area contributed by atoms with Crippen LogP contribution in [-0.2, 0) is 6.61 Å². The van der Waals surface area contributed by atoms with Crippen molar-refractivity contribution < 1.29 is 9.13 Å². The number of hydrogen-bond donors (Lipinski definition) is 0. The van der Waals surface area contributed by atoms with Crippen molar-refractivity contribution in [2.24, 2.45) is 0 Å². The monoisotopic (exact) mass is 273 g/mol. The van der Waals surface area contributed by atoms with Gasteiger partial charge in [0.2, 0.25) is 0 Å². The van der Waals surface area contributed by atoms with E-state index in [1.54, 1.807) is 11.8 Å². The summed E-state index contributed by atoms with van der Waals surface area (Å²) < 4.78 is 19.2. The van der Waals surface area contributed by atoms with Gasteiger partial charge < -0.3 is 4.74 Å². The molecule has 0 spiro atoms. The Morgan fingerprint density at radius 1 is 1.26 bits per heavy atom. The van der Waals surface area contributed by atoms with Crippen molar-refractivity contribution in [2.45, 2.75) is 11.5 Å². The molecule has 2 aromatic carbocycles. The van der Waals surface area contributed by atoms with Gasteiger partial charge in [-0.15, -0.1) is 11.8 Å². The van der Waals surface area contributed by atoms with Crippen LogP contribution in [-0.4, -0.2) is 6.26 Å². The van der Waals surface area contributed by atoms with Crippen LogP contribution >= 0.6 is 11.8 Å². The predicted molar refractivity (Wildman–Crippen MR) is 73.7 cm³/mol. The van der Waals surface area contributed by atoms with Crippen LogP contribution in [0, 0.1) is 17.1 Å². The number of nitrogens with zero attached hydrogens (tertiary/aromatic N) is 1. The summed E-state index contributed by atoms with van der Waals surface area (Å²) in [6.07, 6.45) is 1.96. The van der Waals surface area contributed by atoms with Crippen LogP contribution in [0.4, 0.5) is 4.39 Å². The second kappa shape index (κ2) is 6.26. The molecule has 2 rings (SSSR count). The maximum absolute atomic E-state index is 13.6. The summed E-state index contributed by atoms with van der Waals surface area (Å²) in [5.41, 5.74) is 0.813. The fourth-order valence-electron chi connectivity index (χ4n) is 1.65. The van der Waals surface area contributed by atoms with Gasteiger partial charge in [-0.25, -0.2) is 4.39 Å². The van der Waals surface area contributed by atoms with E-state index in [9.17, 15) is 4.39 Å². The summed E-state index contributed by atoms with van der Waals surface area (Å²) in [6, 6.07) is 13.8. The van der Waals surface area contributed by atoms with Crippen molar-refractivity contribution >= 4 is 11.8 Å². The van der Waals surface area contributed by atoms with Crippen LogP contribution in [0.1, 0.15) is 11.1 Å². The van der Waals surface area contributed by atoms with Crippen LogP contribution < -0.4 is 4.74 Å². The molecule has 0 bridgehead atoms. The van der Waals surface area contributed by atoms with Gasteiger partial charge >= 0.3 is 0 Å². The molecule has 0 aromatic heterocycles.